The first-order valence-corrected chi connectivity index (χ1v) is 4.35. The van der Waals surface area contributed by atoms with E-state index >= 15 is 0 Å². The summed E-state index contributed by atoms with van der Waals surface area (Å²) < 4.78 is 4.48. The Labute approximate surface area is 85.8 Å². The van der Waals surface area contributed by atoms with E-state index in [-0.39, 0.29) is 5.97 Å². The second kappa shape index (κ2) is 3.91. The van der Waals surface area contributed by atoms with Crippen LogP contribution in [0.25, 0.3) is 17.1 Å². The van der Waals surface area contributed by atoms with Crippen molar-refractivity contribution in [2.24, 2.45) is 0 Å². The second-order valence-electron chi connectivity index (χ2n) is 2.93. The van der Waals surface area contributed by atoms with Gasteiger partial charge >= 0.3 is 5.97 Å². The fraction of sp³-hybridized carbons (Fsp3) is 0.100. The molecule has 2 heterocycles. The molecule has 2 aromatic heterocycles. The molecule has 0 bridgehead atoms. The average Bonchev–Trinajstić information content (AvgIpc) is 2.72. The molecule has 0 unspecified atom stereocenters. The molecule has 5 nitrogen and oxygen atoms in total. The standard InChI is InChI=1S/C10H9N3O2/c1-15-9(14)3-2-7-4-8-6-12-13-10(8)11-5-7/h2-6H,1H3,(H,11,12,13). The van der Waals surface area contributed by atoms with Crippen molar-refractivity contribution < 1.29 is 9.53 Å². The molecule has 0 atom stereocenters. The number of aromatic amines is 1. The maximum absolute atomic E-state index is 10.9. The van der Waals surface area contributed by atoms with Gasteiger partial charge in [0, 0.05) is 17.7 Å². The maximum atomic E-state index is 10.9. The lowest BCUT2D eigenvalue weighted by Crippen LogP contribution is -1.93. The number of hydrogen-bond donors (Lipinski definition) is 1. The van der Waals surface area contributed by atoms with Gasteiger partial charge in [-0.05, 0) is 17.7 Å². The lowest BCUT2D eigenvalue weighted by Gasteiger charge is -1.93. The number of methoxy groups -OCH3 is 1. The highest BCUT2D eigenvalue weighted by Crippen LogP contribution is 2.10. The Morgan fingerprint density at radius 2 is 2.40 bits per heavy atom. The highest BCUT2D eigenvalue weighted by atomic mass is 16.5. The minimum atomic E-state index is -0.387. The van der Waals surface area contributed by atoms with Crippen molar-refractivity contribution in [2.75, 3.05) is 7.11 Å². The number of esters is 1. The van der Waals surface area contributed by atoms with E-state index in [1.807, 2.05) is 6.07 Å². The quantitative estimate of drug-likeness (QED) is 0.587. The molecule has 0 aliphatic carbocycles. The van der Waals surface area contributed by atoms with Gasteiger partial charge in [-0.3, -0.25) is 5.10 Å². The Bertz CT molecular complexity index is 516. The summed E-state index contributed by atoms with van der Waals surface area (Å²) in [5.41, 5.74) is 1.56. The topological polar surface area (TPSA) is 67.9 Å². The molecule has 0 saturated heterocycles. The summed E-state index contributed by atoms with van der Waals surface area (Å²) in [6.45, 7) is 0. The normalized spacial score (nSPS) is 11.0. The van der Waals surface area contributed by atoms with Crippen molar-refractivity contribution in [1.82, 2.24) is 15.2 Å². The summed E-state index contributed by atoms with van der Waals surface area (Å²) >= 11 is 0. The number of H-pyrrole nitrogens is 1. The molecule has 15 heavy (non-hydrogen) atoms. The molecule has 0 saturated carbocycles. The van der Waals surface area contributed by atoms with Crippen molar-refractivity contribution in [3.8, 4) is 0 Å². The molecule has 0 aliphatic rings. The van der Waals surface area contributed by atoms with Gasteiger partial charge in [0.25, 0.3) is 0 Å². The number of ether oxygens (including phenoxy) is 1. The Morgan fingerprint density at radius 3 is 3.20 bits per heavy atom. The first-order valence-electron chi connectivity index (χ1n) is 4.35. The molecule has 2 aromatic rings. The van der Waals surface area contributed by atoms with Gasteiger partial charge in [0.05, 0.1) is 13.3 Å². The Hall–Kier alpha value is -2.17. The van der Waals surface area contributed by atoms with Crippen LogP contribution in [0.4, 0.5) is 0 Å². The van der Waals surface area contributed by atoms with E-state index in [4.69, 9.17) is 0 Å². The summed E-state index contributed by atoms with van der Waals surface area (Å²) in [7, 11) is 1.34. The molecule has 0 amide bonds. The number of carbonyl (C=O) groups excluding carboxylic acids is 1. The van der Waals surface area contributed by atoms with Crippen LogP contribution in [0.5, 0.6) is 0 Å². The molecule has 0 aromatic carbocycles. The third-order valence-electron chi connectivity index (χ3n) is 1.93. The fourth-order valence-corrected chi connectivity index (χ4v) is 1.18. The molecule has 0 aliphatic heterocycles. The van der Waals surface area contributed by atoms with Crippen LogP contribution in [0.1, 0.15) is 5.56 Å². The molecule has 0 radical (unpaired) electrons. The van der Waals surface area contributed by atoms with E-state index in [1.165, 1.54) is 13.2 Å². The smallest absolute Gasteiger partial charge is 0.330 e. The van der Waals surface area contributed by atoms with Gasteiger partial charge in [0.2, 0.25) is 0 Å². The third-order valence-corrected chi connectivity index (χ3v) is 1.93. The Morgan fingerprint density at radius 1 is 1.53 bits per heavy atom. The maximum Gasteiger partial charge on any atom is 0.330 e. The lowest BCUT2D eigenvalue weighted by molar-refractivity contribution is -0.134. The van der Waals surface area contributed by atoms with Gasteiger partial charge in [-0.15, -0.1) is 0 Å². The summed E-state index contributed by atoms with van der Waals surface area (Å²) in [6.07, 6.45) is 6.33. The first-order chi connectivity index (χ1) is 7.29. The van der Waals surface area contributed by atoms with E-state index in [9.17, 15) is 4.79 Å². The zero-order valence-corrected chi connectivity index (χ0v) is 8.10. The minimum Gasteiger partial charge on any atom is -0.466 e. The monoisotopic (exact) mass is 203 g/mol. The molecule has 1 N–H and O–H groups in total. The van der Waals surface area contributed by atoms with Crippen LogP contribution in [0.2, 0.25) is 0 Å². The van der Waals surface area contributed by atoms with Gasteiger partial charge in [-0.25, -0.2) is 9.78 Å². The van der Waals surface area contributed by atoms with Crippen LogP contribution < -0.4 is 0 Å². The van der Waals surface area contributed by atoms with Gasteiger partial charge < -0.3 is 4.74 Å². The highest BCUT2D eigenvalue weighted by molar-refractivity contribution is 5.87. The molecule has 5 heteroatoms. The zero-order valence-electron chi connectivity index (χ0n) is 8.10. The van der Waals surface area contributed by atoms with Crippen LogP contribution >= 0.6 is 0 Å². The molecule has 0 fully saturated rings. The Balaban J connectivity index is 2.28. The van der Waals surface area contributed by atoms with Crippen molar-refractivity contribution in [2.45, 2.75) is 0 Å². The zero-order chi connectivity index (χ0) is 10.7. The van der Waals surface area contributed by atoms with Crippen molar-refractivity contribution >= 4 is 23.1 Å². The van der Waals surface area contributed by atoms with Crippen LogP contribution in [0.3, 0.4) is 0 Å². The van der Waals surface area contributed by atoms with Crippen molar-refractivity contribution in [3.63, 3.8) is 0 Å². The number of carbonyl (C=O) groups is 1. The number of fused-ring (bicyclic) bond motifs is 1. The predicted molar refractivity (Wildman–Crippen MR) is 54.9 cm³/mol. The third kappa shape index (κ3) is 2.01. The van der Waals surface area contributed by atoms with Gasteiger partial charge in [0.1, 0.15) is 0 Å². The van der Waals surface area contributed by atoms with Crippen LogP contribution in [-0.2, 0) is 9.53 Å². The van der Waals surface area contributed by atoms with E-state index in [0.717, 1.165) is 16.6 Å². The van der Waals surface area contributed by atoms with Crippen LogP contribution in [-0.4, -0.2) is 28.3 Å². The number of rotatable bonds is 2. The largest absolute Gasteiger partial charge is 0.466 e. The van der Waals surface area contributed by atoms with Crippen LogP contribution in [0.15, 0.2) is 24.5 Å². The molecular formula is C10H9N3O2. The van der Waals surface area contributed by atoms with Gasteiger partial charge in [-0.2, -0.15) is 5.10 Å². The molecule has 0 spiro atoms. The van der Waals surface area contributed by atoms with E-state index < -0.39 is 0 Å². The van der Waals surface area contributed by atoms with Crippen molar-refractivity contribution in [3.05, 3.63) is 30.1 Å². The van der Waals surface area contributed by atoms with Crippen molar-refractivity contribution in [1.29, 1.82) is 0 Å². The number of nitrogens with one attached hydrogen (secondary N) is 1. The minimum absolute atomic E-state index is 0.387. The summed E-state index contributed by atoms with van der Waals surface area (Å²) in [4.78, 5) is 15.0. The first kappa shape index (κ1) is 9.39. The molecular weight excluding hydrogens is 194 g/mol. The van der Waals surface area contributed by atoms with Gasteiger partial charge in [-0.1, -0.05) is 0 Å². The number of hydrogen-bond acceptors (Lipinski definition) is 4. The number of nitrogens with zero attached hydrogens (tertiary/aromatic N) is 2. The second-order valence-corrected chi connectivity index (χ2v) is 2.93. The summed E-state index contributed by atoms with van der Waals surface area (Å²) in [5, 5.41) is 7.50. The van der Waals surface area contributed by atoms with Gasteiger partial charge in [0.15, 0.2) is 5.65 Å². The number of pyridine rings is 1. The summed E-state index contributed by atoms with van der Waals surface area (Å²) in [5.74, 6) is -0.387. The highest BCUT2D eigenvalue weighted by Gasteiger charge is 1.97. The molecule has 76 valence electrons. The van der Waals surface area contributed by atoms with Crippen LogP contribution in [0, 0.1) is 0 Å². The Kier molecular flexibility index (Phi) is 2.45. The fourth-order valence-electron chi connectivity index (χ4n) is 1.18. The average molecular weight is 203 g/mol. The lowest BCUT2D eigenvalue weighted by atomic mass is 10.2. The summed E-state index contributed by atoms with van der Waals surface area (Å²) in [6, 6.07) is 1.88. The van der Waals surface area contributed by atoms with E-state index in [1.54, 1.807) is 18.5 Å². The number of aromatic nitrogens is 3. The van der Waals surface area contributed by atoms with E-state index in [0.29, 0.717) is 0 Å². The molecule has 2 rings (SSSR count). The van der Waals surface area contributed by atoms with E-state index in [2.05, 4.69) is 19.9 Å². The SMILES string of the molecule is COC(=O)C=Cc1cnc2[nH]ncc2c1. The predicted octanol–water partition coefficient (Wildman–Crippen LogP) is 1.14.